The van der Waals surface area contributed by atoms with Crippen molar-refractivity contribution in [1.29, 1.82) is 16.2 Å². The third-order valence-electron chi connectivity index (χ3n) is 0.467. The molecule has 0 heterocycles. The summed E-state index contributed by atoms with van der Waals surface area (Å²) in [4.78, 5) is 0. The van der Waals surface area contributed by atoms with Gasteiger partial charge in [0.2, 0.25) is 0 Å². The summed E-state index contributed by atoms with van der Waals surface area (Å²) in [5, 5.41) is 18.9. The maximum Gasteiger partial charge on any atom is 0.200 e. The fourth-order valence-corrected chi connectivity index (χ4v) is 0. The van der Waals surface area contributed by atoms with Crippen molar-refractivity contribution in [2.24, 2.45) is 34.7 Å². The minimum absolute atomic E-state index is 0.218. The third kappa shape index (κ3) is 80.6. The molecule has 0 aliphatic heterocycles. The molecular formula is C3H18N12. The van der Waals surface area contributed by atoms with E-state index >= 15 is 0 Å². The predicted molar refractivity (Wildman–Crippen MR) is 57.7 cm³/mol. The van der Waals surface area contributed by atoms with E-state index < -0.39 is 0 Å². The molecule has 0 saturated heterocycles. The molecular weight excluding hydrogens is 204 g/mol. The third-order valence-corrected chi connectivity index (χ3v) is 0.467. The second kappa shape index (κ2) is 14.2. The molecule has 18 N–H and O–H groups in total. The van der Waals surface area contributed by atoms with Gasteiger partial charge >= 0.3 is 0 Å². The number of hydrazine groups is 3. The number of rotatable bonds is 0. The van der Waals surface area contributed by atoms with Crippen LogP contribution in [0.4, 0.5) is 0 Å². The van der Waals surface area contributed by atoms with Crippen LogP contribution in [0.15, 0.2) is 0 Å². The summed E-state index contributed by atoms with van der Waals surface area (Å²) >= 11 is 0. The zero-order valence-corrected chi connectivity index (χ0v) is 7.96. The van der Waals surface area contributed by atoms with E-state index in [1.54, 1.807) is 0 Å². The van der Waals surface area contributed by atoms with Gasteiger partial charge in [-0.15, -0.1) is 0 Å². The molecule has 0 aliphatic rings. The Hall–Kier alpha value is -2.31. The van der Waals surface area contributed by atoms with Crippen LogP contribution in [0.5, 0.6) is 0 Å². The van der Waals surface area contributed by atoms with E-state index in [-0.39, 0.29) is 17.9 Å². The Bertz CT molecular complexity index is 150. The first kappa shape index (κ1) is 18.5. The monoisotopic (exact) mass is 222 g/mol. The lowest BCUT2D eigenvalue weighted by atomic mass is 11.1. The Balaban J connectivity index is -0.000000144. The Morgan fingerprint density at radius 3 is 0.667 bits per heavy atom. The Morgan fingerprint density at radius 2 is 0.667 bits per heavy atom. The van der Waals surface area contributed by atoms with Crippen LogP contribution in [-0.4, -0.2) is 17.9 Å². The predicted octanol–water partition coefficient (Wildman–Crippen LogP) is -4.97. The van der Waals surface area contributed by atoms with Crippen LogP contribution in [0.3, 0.4) is 0 Å². The maximum absolute atomic E-state index is 6.28. The largest absolute Gasteiger partial charge is 0.369 e. The lowest BCUT2D eigenvalue weighted by molar-refractivity contribution is 0.995. The van der Waals surface area contributed by atoms with E-state index in [4.69, 9.17) is 16.2 Å². The van der Waals surface area contributed by atoms with Crippen LogP contribution in [0.1, 0.15) is 0 Å². The van der Waals surface area contributed by atoms with E-state index in [9.17, 15) is 0 Å². The standard InChI is InChI=1S/3CH6N4/c3*2-1(3)5-4/h3*4H2,(H4,2,3,5). The molecule has 0 atom stereocenters. The van der Waals surface area contributed by atoms with Crippen LogP contribution >= 0.6 is 0 Å². The van der Waals surface area contributed by atoms with Gasteiger partial charge in [0.25, 0.3) is 0 Å². The molecule has 0 amide bonds. The van der Waals surface area contributed by atoms with E-state index in [0.29, 0.717) is 0 Å². The highest BCUT2D eigenvalue weighted by atomic mass is 15.3. The van der Waals surface area contributed by atoms with E-state index in [1.165, 1.54) is 0 Å². The number of hydrogen-bond donors (Lipinski definition) is 12. The van der Waals surface area contributed by atoms with Gasteiger partial charge < -0.3 is 17.2 Å². The smallest absolute Gasteiger partial charge is 0.200 e. The molecule has 12 nitrogen and oxygen atoms in total. The van der Waals surface area contributed by atoms with Crippen LogP contribution in [0.2, 0.25) is 0 Å². The first-order chi connectivity index (χ1) is 6.81. The maximum atomic E-state index is 6.28. The van der Waals surface area contributed by atoms with Crippen LogP contribution in [-0.2, 0) is 0 Å². The molecule has 0 aromatic rings. The van der Waals surface area contributed by atoms with Crippen molar-refractivity contribution in [2.75, 3.05) is 0 Å². The molecule has 0 saturated carbocycles. The van der Waals surface area contributed by atoms with Gasteiger partial charge in [-0.2, -0.15) is 0 Å². The van der Waals surface area contributed by atoms with E-state index in [0.717, 1.165) is 0 Å². The Kier molecular flexibility index (Phi) is 17.5. The van der Waals surface area contributed by atoms with Crippen LogP contribution < -0.4 is 51.0 Å². The molecule has 90 valence electrons. The minimum Gasteiger partial charge on any atom is -0.369 e. The molecule has 12 heteroatoms. The topological polar surface area (TPSA) is 264 Å². The van der Waals surface area contributed by atoms with Crippen molar-refractivity contribution in [3.05, 3.63) is 0 Å². The summed E-state index contributed by atoms with van der Waals surface area (Å²) in [6.07, 6.45) is 0. The van der Waals surface area contributed by atoms with Gasteiger partial charge in [0.15, 0.2) is 17.9 Å². The van der Waals surface area contributed by atoms with Crippen molar-refractivity contribution < 1.29 is 0 Å². The highest BCUT2D eigenvalue weighted by Gasteiger charge is 1.67. The molecule has 0 aromatic carbocycles. The van der Waals surface area contributed by atoms with Gasteiger partial charge in [-0.25, -0.2) is 17.5 Å². The summed E-state index contributed by atoms with van der Waals surface area (Å²) in [7, 11) is 0. The van der Waals surface area contributed by atoms with Crippen LogP contribution in [0, 0.1) is 16.2 Å². The fourth-order valence-electron chi connectivity index (χ4n) is 0. The molecule has 0 rings (SSSR count). The SMILES string of the molecule is N=C(N)NN.N=C(N)NN.N=C(N)NN. The first-order valence-electron chi connectivity index (χ1n) is 3.23. The highest BCUT2D eigenvalue weighted by Crippen LogP contribution is 1.26. The molecule has 0 aliphatic carbocycles. The average Bonchev–Trinajstić information content (AvgIpc) is 2.19. The van der Waals surface area contributed by atoms with E-state index in [2.05, 4.69) is 34.7 Å². The number of nitrogens with two attached hydrogens (primary N) is 6. The molecule has 0 bridgehead atoms. The lowest BCUT2D eigenvalue weighted by Crippen LogP contribution is -2.35. The second-order valence-electron chi connectivity index (χ2n) is 1.67. The average molecular weight is 222 g/mol. The lowest BCUT2D eigenvalue weighted by Gasteiger charge is -1.85. The van der Waals surface area contributed by atoms with E-state index in [1.807, 2.05) is 16.3 Å². The summed E-state index contributed by atoms with van der Waals surface area (Å²) in [5.41, 5.74) is 19.6. The van der Waals surface area contributed by atoms with Gasteiger partial charge in [-0.05, 0) is 0 Å². The van der Waals surface area contributed by atoms with Gasteiger partial charge in [0.05, 0.1) is 0 Å². The van der Waals surface area contributed by atoms with Crippen LogP contribution in [0.25, 0.3) is 0 Å². The highest BCUT2D eigenvalue weighted by molar-refractivity contribution is 5.73. The molecule has 0 spiro atoms. The van der Waals surface area contributed by atoms with Crippen molar-refractivity contribution in [2.45, 2.75) is 0 Å². The van der Waals surface area contributed by atoms with Gasteiger partial charge in [0, 0.05) is 0 Å². The summed E-state index contributed by atoms with van der Waals surface area (Å²) < 4.78 is 0. The van der Waals surface area contributed by atoms with Crippen molar-refractivity contribution in [3.8, 4) is 0 Å². The fraction of sp³-hybridized carbons (Fsp3) is 0. The van der Waals surface area contributed by atoms with Gasteiger partial charge in [-0.3, -0.25) is 32.5 Å². The van der Waals surface area contributed by atoms with Gasteiger partial charge in [-0.1, -0.05) is 0 Å². The number of guanidine groups is 3. The van der Waals surface area contributed by atoms with Crippen molar-refractivity contribution >= 4 is 17.9 Å². The summed E-state index contributed by atoms with van der Waals surface area (Å²) in [6.45, 7) is 0. The summed E-state index contributed by atoms with van der Waals surface area (Å²) in [6, 6.07) is 0. The zero-order chi connectivity index (χ0) is 12.9. The Labute approximate surface area is 86.1 Å². The summed E-state index contributed by atoms with van der Waals surface area (Å²) in [5.74, 6) is 13.1. The normalized spacial score (nSPS) is 6.60. The molecule has 0 fully saturated rings. The van der Waals surface area contributed by atoms with Crippen molar-refractivity contribution in [1.82, 2.24) is 16.3 Å². The second-order valence-corrected chi connectivity index (χ2v) is 1.67. The first-order valence-corrected chi connectivity index (χ1v) is 3.23. The molecule has 15 heavy (non-hydrogen) atoms. The Morgan fingerprint density at radius 1 is 0.600 bits per heavy atom. The zero-order valence-electron chi connectivity index (χ0n) is 7.96. The van der Waals surface area contributed by atoms with Gasteiger partial charge in [0.1, 0.15) is 0 Å². The molecule has 0 aromatic heterocycles. The number of nitrogens with one attached hydrogen (secondary N) is 6. The minimum atomic E-state index is -0.218. The quantitative estimate of drug-likeness (QED) is 0.0807. The molecule has 0 unspecified atom stereocenters. The molecule has 0 radical (unpaired) electrons. The van der Waals surface area contributed by atoms with Crippen molar-refractivity contribution in [3.63, 3.8) is 0 Å². The number of hydrogen-bond acceptors (Lipinski definition) is 6.